The van der Waals surface area contributed by atoms with Crippen LogP contribution in [-0.2, 0) is 14.8 Å². The fraction of sp³-hybridized carbons (Fsp3) is 0.722. The molecule has 0 spiro atoms. The summed E-state index contributed by atoms with van der Waals surface area (Å²) in [6.45, 7) is 1.31. The van der Waals surface area contributed by atoms with E-state index in [-0.39, 0.29) is 11.9 Å². The molecule has 0 unspecified atom stereocenters. The van der Waals surface area contributed by atoms with Gasteiger partial charge in [0.15, 0.2) is 0 Å². The van der Waals surface area contributed by atoms with Crippen molar-refractivity contribution in [3.8, 4) is 0 Å². The molecule has 2 heterocycles. The normalized spacial score (nSPS) is 20.7. The number of rotatable bonds is 6. The number of sulfonamides is 1. The Labute approximate surface area is 154 Å². The highest BCUT2D eigenvalue weighted by Gasteiger charge is 2.27. The van der Waals surface area contributed by atoms with E-state index in [1.54, 1.807) is 17.5 Å². The summed E-state index contributed by atoms with van der Waals surface area (Å²) in [4.78, 5) is 14.3. The van der Waals surface area contributed by atoms with Crippen LogP contribution in [0.3, 0.4) is 0 Å². The van der Waals surface area contributed by atoms with Crippen molar-refractivity contribution >= 4 is 27.3 Å². The highest BCUT2D eigenvalue weighted by molar-refractivity contribution is 7.91. The van der Waals surface area contributed by atoms with Crippen molar-refractivity contribution in [1.82, 2.24) is 9.62 Å². The van der Waals surface area contributed by atoms with E-state index < -0.39 is 10.0 Å². The molecule has 0 radical (unpaired) electrons. The lowest BCUT2D eigenvalue weighted by molar-refractivity contribution is -0.132. The van der Waals surface area contributed by atoms with Gasteiger partial charge in [0.1, 0.15) is 4.21 Å². The number of likely N-dealkylation sites (tertiary alicyclic amines) is 1. The van der Waals surface area contributed by atoms with Gasteiger partial charge in [-0.05, 0) is 36.6 Å². The van der Waals surface area contributed by atoms with Gasteiger partial charge in [-0.15, -0.1) is 11.3 Å². The predicted molar refractivity (Wildman–Crippen MR) is 100 cm³/mol. The first-order chi connectivity index (χ1) is 12.0. The van der Waals surface area contributed by atoms with Gasteiger partial charge in [-0.1, -0.05) is 38.2 Å². The molecule has 25 heavy (non-hydrogen) atoms. The molecule has 1 N–H and O–H groups in total. The smallest absolute Gasteiger partial charge is 0.250 e. The van der Waals surface area contributed by atoms with Crippen LogP contribution in [0.5, 0.6) is 0 Å². The van der Waals surface area contributed by atoms with E-state index in [4.69, 9.17) is 0 Å². The SMILES string of the molecule is O=C(CCC1CCCCC1)N1CCC(NS(=O)(=O)c2cccs2)CC1. The fourth-order valence-corrected chi connectivity index (χ4v) is 6.22. The molecule has 3 rings (SSSR count). The van der Waals surface area contributed by atoms with E-state index in [9.17, 15) is 13.2 Å². The molecule has 1 saturated heterocycles. The summed E-state index contributed by atoms with van der Waals surface area (Å²) >= 11 is 1.23. The Kier molecular flexibility index (Phi) is 6.52. The van der Waals surface area contributed by atoms with Crippen LogP contribution in [0, 0.1) is 5.92 Å². The molecule has 1 aliphatic heterocycles. The maximum Gasteiger partial charge on any atom is 0.250 e. The third kappa shape index (κ3) is 5.28. The van der Waals surface area contributed by atoms with Gasteiger partial charge in [-0.3, -0.25) is 4.79 Å². The van der Waals surface area contributed by atoms with Crippen LogP contribution in [0.4, 0.5) is 0 Å². The van der Waals surface area contributed by atoms with Crippen LogP contribution in [0.2, 0.25) is 0 Å². The topological polar surface area (TPSA) is 66.5 Å². The van der Waals surface area contributed by atoms with Crippen molar-refractivity contribution in [2.24, 2.45) is 5.92 Å². The molecule has 7 heteroatoms. The summed E-state index contributed by atoms with van der Waals surface area (Å²) in [6.07, 6.45) is 9.59. The number of carbonyl (C=O) groups excluding carboxylic acids is 1. The average Bonchev–Trinajstić information content (AvgIpc) is 3.17. The molecule has 0 bridgehead atoms. The molecule has 140 valence electrons. The Morgan fingerprint density at radius 3 is 2.52 bits per heavy atom. The molecule has 2 fully saturated rings. The highest BCUT2D eigenvalue weighted by Crippen LogP contribution is 2.28. The van der Waals surface area contributed by atoms with Crippen molar-refractivity contribution in [2.45, 2.75) is 68.0 Å². The highest BCUT2D eigenvalue weighted by atomic mass is 32.2. The van der Waals surface area contributed by atoms with E-state index >= 15 is 0 Å². The standard InChI is InChI=1S/C18H28N2O3S2/c21-17(9-8-15-5-2-1-3-6-15)20-12-10-16(11-13-20)19-25(22,23)18-7-4-14-24-18/h4,7,14-16,19H,1-3,5-6,8-13H2. The molecule has 2 aliphatic rings. The molecule has 0 atom stereocenters. The zero-order valence-electron chi connectivity index (χ0n) is 14.7. The Bertz CT molecular complexity index is 644. The minimum Gasteiger partial charge on any atom is -0.343 e. The van der Waals surface area contributed by atoms with Gasteiger partial charge in [0, 0.05) is 25.6 Å². The third-order valence-electron chi connectivity index (χ3n) is 5.42. The van der Waals surface area contributed by atoms with Gasteiger partial charge in [0.05, 0.1) is 0 Å². The molecule has 1 saturated carbocycles. The number of amides is 1. The van der Waals surface area contributed by atoms with Crippen molar-refractivity contribution < 1.29 is 13.2 Å². The fourth-order valence-electron chi connectivity index (χ4n) is 3.90. The number of nitrogens with zero attached hydrogens (tertiary/aromatic N) is 1. The molecular weight excluding hydrogens is 356 g/mol. The molecule has 1 aliphatic carbocycles. The summed E-state index contributed by atoms with van der Waals surface area (Å²) in [5, 5.41) is 1.77. The van der Waals surface area contributed by atoms with Crippen molar-refractivity contribution in [3.63, 3.8) is 0 Å². The number of carbonyl (C=O) groups is 1. The average molecular weight is 385 g/mol. The van der Waals surface area contributed by atoms with Crippen molar-refractivity contribution in [3.05, 3.63) is 17.5 Å². The summed E-state index contributed by atoms with van der Waals surface area (Å²) < 4.78 is 27.7. The second-order valence-corrected chi connectivity index (χ2v) is 10.1. The summed E-state index contributed by atoms with van der Waals surface area (Å²) in [5.74, 6) is 0.970. The lowest BCUT2D eigenvalue weighted by Crippen LogP contribution is -2.46. The van der Waals surface area contributed by atoms with Crippen LogP contribution in [0.15, 0.2) is 21.7 Å². The molecule has 1 amide bonds. The van der Waals surface area contributed by atoms with Crippen LogP contribution < -0.4 is 4.72 Å². The van der Waals surface area contributed by atoms with Crippen LogP contribution in [0.25, 0.3) is 0 Å². The second-order valence-electron chi connectivity index (χ2n) is 7.25. The number of hydrogen-bond acceptors (Lipinski definition) is 4. The number of thiophene rings is 1. The maximum absolute atomic E-state index is 12.4. The third-order valence-corrected chi connectivity index (χ3v) is 8.34. The number of piperidine rings is 1. The summed E-state index contributed by atoms with van der Waals surface area (Å²) in [6, 6.07) is 3.29. The summed E-state index contributed by atoms with van der Waals surface area (Å²) in [5.41, 5.74) is 0. The quantitative estimate of drug-likeness (QED) is 0.818. The van der Waals surface area contributed by atoms with Gasteiger partial charge < -0.3 is 4.90 Å². The van der Waals surface area contributed by atoms with Crippen LogP contribution in [-0.4, -0.2) is 38.4 Å². The molecular formula is C18H28N2O3S2. The van der Waals surface area contributed by atoms with Gasteiger partial charge in [-0.2, -0.15) is 0 Å². The molecule has 5 nitrogen and oxygen atoms in total. The Balaban J connectivity index is 1.41. The lowest BCUT2D eigenvalue weighted by Gasteiger charge is -2.32. The predicted octanol–water partition coefficient (Wildman–Crippen LogP) is 3.38. The minimum atomic E-state index is -3.41. The van der Waals surface area contributed by atoms with Crippen LogP contribution in [0.1, 0.15) is 57.8 Å². The van der Waals surface area contributed by atoms with E-state index in [1.165, 1.54) is 43.4 Å². The Morgan fingerprint density at radius 2 is 1.88 bits per heavy atom. The number of hydrogen-bond donors (Lipinski definition) is 1. The first kappa shape index (κ1) is 18.9. The monoisotopic (exact) mass is 384 g/mol. The minimum absolute atomic E-state index is 0.0745. The maximum atomic E-state index is 12.4. The molecule has 1 aromatic rings. The van der Waals surface area contributed by atoms with Crippen LogP contribution >= 0.6 is 11.3 Å². The van der Waals surface area contributed by atoms with Gasteiger partial charge in [0.25, 0.3) is 0 Å². The van der Waals surface area contributed by atoms with E-state index in [0.29, 0.717) is 36.6 Å². The first-order valence-electron chi connectivity index (χ1n) is 9.38. The largest absolute Gasteiger partial charge is 0.343 e. The lowest BCUT2D eigenvalue weighted by atomic mass is 9.86. The molecule has 0 aromatic carbocycles. The van der Waals surface area contributed by atoms with Gasteiger partial charge in [-0.25, -0.2) is 13.1 Å². The van der Waals surface area contributed by atoms with Gasteiger partial charge >= 0.3 is 0 Å². The zero-order valence-corrected chi connectivity index (χ0v) is 16.3. The molecule has 1 aromatic heterocycles. The summed E-state index contributed by atoms with van der Waals surface area (Å²) in [7, 11) is -3.41. The van der Waals surface area contributed by atoms with E-state index in [2.05, 4.69) is 4.72 Å². The van der Waals surface area contributed by atoms with E-state index in [0.717, 1.165) is 12.3 Å². The van der Waals surface area contributed by atoms with Crippen molar-refractivity contribution in [2.75, 3.05) is 13.1 Å². The van der Waals surface area contributed by atoms with Gasteiger partial charge in [0.2, 0.25) is 15.9 Å². The first-order valence-corrected chi connectivity index (χ1v) is 11.7. The van der Waals surface area contributed by atoms with Crippen molar-refractivity contribution in [1.29, 1.82) is 0 Å². The zero-order chi connectivity index (χ0) is 17.7. The Hall–Kier alpha value is -0.920. The Morgan fingerprint density at radius 1 is 1.16 bits per heavy atom. The van der Waals surface area contributed by atoms with E-state index in [1.807, 2.05) is 4.90 Å². The second kappa shape index (κ2) is 8.64. The number of nitrogens with one attached hydrogen (secondary N) is 1.